The maximum atomic E-state index is 11.7. The molecule has 0 radical (unpaired) electrons. The Bertz CT molecular complexity index is 1140. The van der Waals surface area contributed by atoms with E-state index in [1.807, 2.05) is 37.4 Å². The number of aromatic nitrogens is 2. The number of carbonyl (C=O) groups excluding carboxylic acids is 1. The van der Waals surface area contributed by atoms with Gasteiger partial charge in [0.1, 0.15) is 0 Å². The van der Waals surface area contributed by atoms with Gasteiger partial charge in [-0.25, -0.2) is 9.97 Å². The molecule has 1 atom stereocenters. The Labute approximate surface area is 206 Å². The molecule has 5 nitrogen and oxygen atoms in total. The van der Waals surface area contributed by atoms with Crippen LogP contribution >= 0.6 is 11.6 Å². The standard InChI is InChI=1S/C28H30ClN3O2/c1-3-34-27(33)16-20(2)18-32-15-14-26-24(19-32)17-30-28(31-26)23-10-6-21(7-11-23)4-5-22-8-12-25(29)13-9-22/h4-13,17,20H,3,14-16,18-19H2,1-2H3. The van der Waals surface area contributed by atoms with E-state index >= 15 is 0 Å². The van der Waals surface area contributed by atoms with Crippen LogP contribution in [-0.2, 0) is 22.5 Å². The van der Waals surface area contributed by atoms with Crippen molar-refractivity contribution in [2.24, 2.45) is 5.92 Å². The van der Waals surface area contributed by atoms with E-state index in [4.69, 9.17) is 21.3 Å². The minimum absolute atomic E-state index is 0.119. The number of halogens is 1. The van der Waals surface area contributed by atoms with Crippen LogP contribution in [0.3, 0.4) is 0 Å². The molecule has 0 amide bonds. The van der Waals surface area contributed by atoms with Gasteiger partial charge >= 0.3 is 5.97 Å². The predicted octanol–water partition coefficient (Wildman–Crippen LogP) is 5.91. The van der Waals surface area contributed by atoms with Crippen LogP contribution in [0.5, 0.6) is 0 Å². The van der Waals surface area contributed by atoms with E-state index < -0.39 is 0 Å². The minimum Gasteiger partial charge on any atom is -0.466 e. The van der Waals surface area contributed by atoms with Gasteiger partial charge in [0, 0.05) is 54.8 Å². The lowest BCUT2D eigenvalue weighted by Gasteiger charge is -2.30. The topological polar surface area (TPSA) is 55.3 Å². The average molecular weight is 476 g/mol. The molecular weight excluding hydrogens is 446 g/mol. The molecule has 0 fully saturated rings. The van der Waals surface area contributed by atoms with E-state index in [0.717, 1.165) is 59.3 Å². The molecule has 1 aliphatic rings. The highest BCUT2D eigenvalue weighted by Gasteiger charge is 2.21. The third-order valence-corrected chi connectivity index (χ3v) is 6.16. The summed E-state index contributed by atoms with van der Waals surface area (Å²) in [5.74, 6) is 0.899. The summed E-state index contributed by atoms with van der Waals surface area (Å²) in [6.45, 7) is 6.99. The van der Waals surface area contributed by atoms with Gasteiger partial charge in [-0.1, -0.05) is 67.1 Å². The van der Waals surface area contributed by atoms with Gasteiger partial charge in [0.05, 0.1) is 12.3 Å². The summed E-state index contributed by atoms with van der Waals surface area (Å²) in [7, 11) is 0. The normalized spacial score (nSPS) is 14.7. The van der Waals surface area contributed by atoms with Gasteiger partial charge in [0.25, 0.3) is 0 Å². The Hall–Kier alpha value is -3.02. The Morgan fingerprint density at radius 3 is 2.47 bits per heavy atom. The molecule has 0 spiro atoms. The molecule has 2 heterocycles. The summed E-state index contributed by atoms with van der Waals surface area (Å²) in [5.41, 5.74) is 5.52. The number of carbonyl (C=O) groups is 1. The lowest BCUT2D eigenvalue weighted by molar-refractivity contribution is -0.144. The second kappa shape index (κ2) is 11.4. The van der Waals surface area contributed by atoms with Crippen molar-refractivity contribution in [1.29, 1.82) is 0 Å². The van der Waals surface area contributed by atoms with Crippen molar-refractivity contribution in [3.05, 3.63) is 82.1 Å². The zero-order valence-corrected chi connectivity index (χ0v) is 20.5. The highest BCUT2D eigenvalue weighted by molar-refractivity contribution is 6.30. The van der Waals surface area contributed by atoms with Crippen molar-refractivity contribution >= 4 is 29.7 Å². The third-order valence-electron chi connectivity index (χ3n) is 5.91. The molecule has 0 saturated heterocycles. The highest BCUT2D eigenvalue weighted by atomic mass is 35.5. The minimum atomic E-state index is -0.119. The monoisotopic (exact) mass is 475 g/mol. The van der Waals surface area contributed by atoms with Crippen LogP contribution in [0.4, 0.5) is 0 Å². The number of benzene rings is 2. The summed E-state index contributed by atoms with van der Waals surface area (Å²) < 4.78 is 5.07. The van der Waals surface area contributed by atoms with Crippen molar-refractivity contribution in [3.8, 4) is 11.4 Å². The number of ether oxygens (including phenoxy) is 1. The van der Waals surface area contributed by atoms with Crippen LogP contribution in [0.1, 0.15) is 42.7 Å². The average Bonchev–Trinajstić information content (AvgIpc) is 2.84. The van der Waals surface area contributed by atoms with Crippen molar-refractivity contribution in [3.63, 3.8) is 0 Å². The number of hydrogen-bond acceptors (Lipinski definition) is 5. The molecule has 0 saturated carbocycles. The maximum Gasteiger partial charge on any atom is 0.306 e. The summed E-state index contributed by atoms with van der Waals surface area (Å²) in [5, 5.41) is 0.739. The molecule has 0 bridgehead atoms. The molecule has 1 aromatic heterocycles. The summed E-state index contributed by atoms with van der Waals surface area (Å²) in [6.07, 6.45) is 7.45. The summed E-state index contributed by atoms with van der Waals surface area (Å²) in [4.78, 5) is 23.6. The quantitative estimate of drug-likeness (QED) is 0.299. The summed E-state index contributed by atoms with van der Waals surface area (Å²) in [6, 6.07) is 16.1. The van der Waals surface area contributed by atoms with E-state index in [2.05, 4.69) is 53.2 Å². The number of rotatable bonds is 8. The zero-order chi connectivity index (χ0) is 23.9. The maximum absolute atomic E-state index is 11.7. The Morgan fingerprint density at radius 1 is 1.12 bits per heavy atom. The third kappa shape index (κ3) is 6.52. The SMILES string of the molecule is CCOC(=O)CC(C)CN1CCc2nc(-c3ccc(C=Cc4ccc(Cl)cc4)cc3)ncc2C1. The highest BCUT2D eigenvalue weighted by Crippen LogP contribution is 2.23. The number of hydrogen-bond donors (Lipinski definition) is 0. The van der Waals surface area contributed by atoms with Gasteiger partial charge in [-0.3, -0.25) is 9.69 Å². The molecule has 1 unspecified atom stereocenters. The van der Waals surface area contributed by atoms with Crippen molar-refractivity contribution in [1.82, 2.24) is 14.9 Å². The van der Waals surface area contributed by atoms with Gasteiger partial charge in [0.15, 0.2) is 5.82 Å². The van der Waals surface area contributed by atoms with E-state index in [-0.39, 0.29) is 11.9 Å². The molecule has 0 aliphatic carbocycles. The summed E-state index contributed by atoms with van der Waals surface area (Å²) >= 11 is 5.95. The molecular formula is C28H30ClN3O2. The molecule has 176 valence electrons. The lowest BCUT2D eigenvalue weighted by atomic mass is 10.0. The van der Waals surface area contributed by atoms with Crippen LogP contribution in [-0.4, -0.2) is 40.5 Å². The van der Waals surface area contributed by atoms with E-state index in [1.165, 1.54) is 5.56 Å². The molecule has 34 heavy (non-hydrogen) atoms. The van der Waals surface area contributed by atoms with Gasteiger partial charge in [-0.2, -0.15) is 0 Å². The van der Waals surface area contributed by atoms with Crippen molar-refractivity contribution in [2.75, 3.05) is 19.7 Å². The van der Waals surface area contributed by atoms with Crippen molar-refractivity contribution < 1.29 is 9.53 Å². The van der Waals surface area contributed by atoms with Crippen molar-refractivity contribution in [2.45, 2.75) is 33.2 Å². The molecule has 3 aromatic rings. The lowest BCUT2D eigenvalue weighted by Crippen LogP contribution is -2.35. The fourth-order valence-electron chi connectivity index (χ4n) is 4.19. The number of fused-ring (bicyclic) bond motifs is 1. The molecule has 1 aliphatic heterocycles. The van der Waals surface area contributed by atoms with Crippen LogP contribution in [0.2, 0.25) is 5.02 Å². The van der Waals surface area contributed by atoms with Gasteiger partial charge in [-0.15, -0.1) is 0 Å². The van der Waals surface area contributed by atoms with Crippen LogP contribution in [0.15, 0.2) is 54.7 Å². The second-order valence-corrected chi connectivity index (χ2v) is 9.21. The second-order valence-electron chi connectivity index (χ2n) is 8.77. The fraction of sp³-hybridized carbons (Fsp3) is 0.321. The predicted molar refractivity (Wildman–Crippen MR) is 137 cm³/mol. The molecule has 0 N–H and O–H groups in total. The molecule has 2 aromatic carbocycles. The van der Waals surface area contributed by atoms with E-state index in [9.17, 15) is 4.79 Å². The Balaban J connectivity index is 1.37. The zero-order valence-electron chi connectivity index (χ0n) is 19.7. The molecule has 6 heteroatoms. The van der Waals surface area contributed by atoms with E-state index in [0.29, 0.717) is 13.0 Å². The first kappa shape index (κ1) is 24.1. The Morgan fingerprint density at radius 2 is 1.79 bits per heavy atom. The first-order chi connectivity index (χ1) is 16.5. The van der Waals surface area contributed by atoms with Crippen LogP contribution in [0, 0.1) is 5.92 Å². The fourth-order valence-corrected chi connectivity index (χ4v) is 4.31. The van der Waals surface area contributed by atoms with Crippen LogP contribution in [0.25, 0.3) is 23.5 Å². The largest absolute Gasteiger partial charge is 0.466 e. The van der Waals surface area contributed by atoms with Gasteiger partial charge in [-0.05, 0) is 36.1 Å². The smallest absolute Gasteiger partial charge is 0.306 e. The van der Waals surface area contributed by atoms with Crippen LogP contribution < -0.4 is 0 Å². The van der Waals surface area contributed by atoms with E-state index in [1.54, 1.807) is 0 Å². The number of nitrogens with zero attached hydrogens (tertiary/aromatic N) is 3. The Kier molecular flexibility index (Phi) is 8.09. The first-order valence-electron chi connectivity index (χ1n) is 11.8. The number of esters is 1. The first-order valence-corrected chi connectivity index (χ1v) is 12.1. The molecule has 4 rings (SSSR count). The van der Waals surface area contributed by atoms with Gasteiger partial charge < -0.3 is 4.74 Å². The van der Waals surface area contributed by atoms with Gasteiger partial charge in [0.2, 0.25) is 0 Å².